The van der Waals surface area contributed by atoms with Crippen LogP contribution in [0.5, 0.6) is 0 Å². The molecule has 0 aliphatic heterocycles. The molecule has 1 unspecified atom stereocenters. The molecule has 6 heteroatoms. The molecule has 1 atom stereocenters. The Hall–Kier alpha value is -1.78. The van der Waals surface area contributed by atoms with Crippen molar-refractivity contribution < 1.29 is 13.2 Å². The van der Waals surface area contributed by atoms with Crippen LogP contribution in [0.1, 0.15) is 83.3 Å². The molecule has 2 aromatic rings. The van der Waals surface area contributed by atoms with Crippen molar-refractivity contribution in [2.24, 2.45) is 5.92 Å². The van der Waals surface area contributed by atoms with Gasteiger partial charge in [0.2, 0.25) is 0 Å². The first kappa shape index (κ1) is 32.4. The Morgan fingerprint density at radius 3 is 1.95 bits per heavy atom. The van der Waals surface area contributed by atoms with Gasteiger partial charge in [0, 0.05) is 0 Å². The first-order valence-electron chi connectivity index (χ1n) is 14.4. The Morgan fingerprint density at radius 1 is 0.868 bits per heavy atom. The molecule has 0 radical (unpaired) electrons. The zero-order valence-corrected chi connectivity index (χ0v) is 27.6. The number of sulfonamides is 1. The third-order valence-corrected chi connectivity index (χ3v) is 21.7. The monoisotopic (exact) mass is 645 g/mol. The number of amides is 1. The normalized spacial score (nSPS) is 12.4. The number of carbonyl (C=O) groups excluding carboxylic acids is 1. The minimum absolute atomic E-state index is 0.0994. The second-order valence-corrected chi connectivity index (χ2v) is 24.6. The first-order valence-corrected chi connectivity index (χ1v) is 23.4. The van der Waals surface area contributed by atoms with Crippen LogP contribution in [0.4, 0.5) is 0 Å². The van der Waals surface area contributed by atoms with Gasteiger partial charge in [0.15, 0.2) is 0 Å². The van der Waals surface area contributed by atoms with Crippen LogP contribution in [0.3, 0.4) is 0 Å². The third-order valence-electron chi connectivity index (χ3n) is 7.20. The molecule has 0 saturated heterocycles. The van der Waals surface area contributed by atoms with Gasteiger partial charge in [0.1, 0.15) is 0 Å². The van der Waals surface area contributed by atoms with Crippen molar-refractivity contribution in [1.29, 1.82) is 0 Å². The molecule has 0 aliphatic carbocycles. The summed E-state index contributed by atoms with van der Waals surface area (Å²) in [5.41, 5.74) is 2.18. The second kappa shape index (κ2) is 17.0. The van der Waals surface area contributed by atoms with Gasteiger partial charge in [-0.15, -0.1) is 0 Å². The number of hydrogen-bond acceptors (Lipinski definition) is 3. The molecular weight excluding hydrogens is 597 g/mol. The number of rotatable bonds is 16. The molecule has 2 aromatic carbocycles. The van der Waals surface area contributed by atoms with Gasteiger partial charge in [-0.25, -0.2) is 0 Å². The van der Waals surface area contributed by atoms with Crippen molar-refractivity contribution in [3.8, 4) is 9.86 Å². The van der Waals surface area contributed by atoms with Crippen LogP contribution in [-0.2, 0) is 21.2 Å². The van der Waals surface area contributed by atoms with Gasteiger partial charge < -0.3 is 0 Å². The van der Waals surface area contributed by atoms with E-state index in [2.05, 4.69) is 47.5 Å². The zero-order chi connectivity index (χ0) is 27.9. The van der Waals surface area contributed by atoms with Crippen molar-refractivity contribution in [3.05, 3.63) is 65.7 Å². The van der Waals surface area contributed by atoms with Gasteiger partial charge in [0.25, 0.3) is 0 Å². The Balaban J connectivity index is 2.28. The van der Waals surface area contributed by atoms with E-state index in [1.165, 1.54) is 69.5 Å². The number of hydrogen-bond donors (Lipinski definition) is 1. The molecule has 1 N–H and O–H groups in total. The van der Waals surface area contributed by atoms with Crippen molar-refractivity contribution in [2.75, 3.05) is 0 Å². The number of benzene rings is 2. The molecular formula is C32H47NO3SSn. The fourth-order valence-corrected chi connectivity index (χ4v) is 19.3. The zero-order valence-electron chi connectivity index (χ0n) is 23.9. The fraction of sp³-hybridized carbons (Fsp3) is 0.531. The molecule has 38 heavy (non-hydrogen) atoms. The van der Waals surface area contributed by atoms with E-state index in [-0.39, 0.29) is 17.2 Å². The third kappa shape index (κ3) is 11.5. The summed E-state index contributed by atoms with van der Waals surface area (Å²) in [7, 11) is -3.90. The predicted molar refractivity (Wildman–Crippen MR) is 162 cm³/mol. The van der Waals surface area contributed by atoms with Crippen molar-refractivity contribution in [3.63, 3.8) is 0 Å². The summed E-state index contributed by atoms with van der Waals surface area (Å²) in [5, 5.41) is 0. The molecule has 0 spiro atoms. The first-order chi connectivity index (χ1) is 18.2. The van der Waals surface area contributed by atoms with Crippen LogP contribution < -0.4 is 4.72 Å². The SMILES string of the molecule is CCC[CH2][Sn]([C]#CC(CCc1ccccc1)CC(=O)NS(=O)(=O)c1ccc(C)cc1)([CH2]CCC)[CH2]CCC. The van der Waals surface area contributed by atoms with E-state index in [0.717, 1.165) is 18.4 Å². The van der Waals surface area contributed by atoms with Crippen molar-refractivity contribution >= 4 is 34.3 Å². The molecule has 4 nitrogen and oxygen atoms in total. The number of aryl methyl sites for hydroxylation is 2. The van der Waals surface area contributed by atoms with Gasteiger partial charge in [-0.3, -0.25) is 0 Å². The average molecular weight is 645 g/mol. The summed E-state index contributed by atoms with van der Waals surface area (Å²) in [5.74, 6) is 2.97. The Kier molecular flexibility index (Phi) is 14.5. The van der Waals surface area contributed by atoms with Crippen LogP contribution in [0.15, 0.2) is 59.5 Å². The summed E-state index contributed by atoms with van der Waals surface area (Å²) in [6.07, 6.45) is 8.94. The summed E-state index contributed by atoms with van der Waals surface area (Å²) >= 11 is -2.70. The molecule has 2 rings (SSSR count). The van der Waals surface area contributed by atoms with E-state index in [4.69, 9.17) is 0 Å². The fourth-order valence-electron chi connectivity index (χ4n) is 4.77. The van der Waals surface area contributed by atoms with Gasteiger partial charge in [-0.1, -0.05) is 0 Å². The summed E-state index contributed by atoms with van der Waals surface area (Å²) < 4.78 is 35.7. The standard InChI is InChI=1S/C20H20NO3S.3C4H9.Sn/c1-3-17(11-12-18-7-5-4-6-8-18)15-20(22)21-25(23,24)19-13-9-16(2)10-14-19;3*1-3-4-2;/h4-10,13-14,17H,11-12,15H2,2H3,(H,21,22);3*1,3-4H2,2H3;. The van der Waals surface area contributed by atoms with E-state index in [1.807, 2.05) is 25.1 Å². The van der Waals surface area contributed by atoms with Crippen LogP contribution in [0.2, 0.25) is 13.3 Å². The van der Waals surface area contributed by atoms with E-state index in [9.17, 15) is 13.2 Å². The van der Waals surface area contributed by atoms with E-state index in [1.54, 1.807) is 12.1 Å². The molecule has 0 saturated carbocycles. The van der Waals surface area contributed by atoms with Gasteiger partial charge >= 0.3 is 237 Å². The van der Waals surface area contributed by atoms with Crippen LogP contribution in [-0.4, -0.2) is 32.7 Å². The van der Waals surface area contributed by atoms with E-state index >= 15 is 0 Å². The maximum absolute atomic E-state index is 13.0. The summed E-state index contributed by atoms with van der Waals surface area (Å²) in [6.45, 7) is 8.67. The van der Waals surface area contributed by atoms with Gasteiger partial charge in [0.05, 0.1) is 0 Å². The van der Waals surface area contributed by atoms with Crippen molar-refractivity contribution in [1.82, 2.24) is 4.72 Å². The molecule has 208 valence electrons. The van der Waals surface area contributed by atoms with Crippen LogP contribution >= 0.6 is 0 Å². The van der Waals surface area contributed by atoms with Crippen molar-refractivity contribution in [2.45, 2.75) is 104 Å². The summed E-state index contributed by atoms with van der Waals surface area (Å²) in [6, 6.07) is 16.8. The number of unbranched alkanes of at least 4 members (excludes halogenated alkanes) is 3. The number of carbonyl (C=O) groups is 1. The molecule has 0 aromatic heterocycles. The van der Waals surface area contributed by atoms with Crippen LogP contribution in [0.25, 0.3) is 0 Å². The second-order valence-electron chi connectivity index (χ2n) is 10.6. The van der Waals surface area contributed by atoms with E-state index < -0.39 is 34.3 Å². The Labute approximate surface area is 236 Å². The molecule has 0 heterocycles. The molecule has 1 amide bonds. The van der Waals surface area contributed by atoms with Gasteiger partial charge in [-0.2, -0.15) is 0 Å². The minimum atomic E-state index is -3.90. The predicted octanol–water partition coefficient (Wildman–Crippen LogP) is 7.83. The van der Waals surface area contributed by atoms with E-state index in [0.29, 0.717) is 0 Å². The number of nitrogens with one attached hydrogen (secondary N) is 1. The summed E-state index contributed by atoms with van der Waals surface area (Å²) in [4.78, 5) is 13.1. The molecule has 0 fully saturated rings. The molecule has 0 aliphatic rings. The van der Waals surface area contributed by atoms with Gasteiger partial charge in [-0.05, 0) is 0 Å². The Bertz CT molecular complexity index is 1110. The Morgan fingerprint density at radius 2 is 1.42 bits per heavy atom. The van der Waals surface area contributed by atoms with Crippen LogP contribution in [0, 0.1) is 22.7 Å². The average Bonchev–Trinajstić information content (AvgIpc) is 2.91. The quantitative estimate of drug-likeness (QED) is 0.150. The topological polar surface area (TPSA) is 63.2 Å². The molecule has 0 bridgehead atoms. The maximum atomic E-state index is 13.0.